The summed E-state index contributed by atoms with van der Waals surface area (Å²) in [5.41, 5.74) is -0.289. The first-order valence-corrected chi connectivity index (χ1v) is 11.6. The second kappa shape index (κ2) is 10.1. The van der Waals surface area contributed by atoms with Gasteiger partial charge in [0.05, 0.1) is 37.4 Å². The van der Waals surface area contributed by atoms with Gasteiger partial charge in [0.25, 0.3) is 0 Å². The van der Waals surface area contributed by atoms with E-state index in [0.29, 0.717) is 36.4 Å². The summed E-state index contributed by atoms with van der Waals surface area (Å²) < 4.78 is 54.5. The number of imidazole rings is 1. The summed E-state index contributed by atoms with van der Waals surface area (Å²) in [4.78, 5) is 27.6. The van der Waals surface area contributed by atoms with Crippen molar-refractivity contribution in [3.8, 4) is 5.75 Å². The predicted octanol–water partition coefficient (Wildman–Crippen LogP) is 5.06. The highest BCUT2D eigenvalue weighted by molar-refractivity contribution is 5.83. The number of carbonyl (C=O) groups excluding carboxylic acids is 1. The Balaban J connectivity index is 1.74. The third kappa shape index (κ3) is 4.87. The molecule has 10 heteroatoms. The topological polar surface area (TPSA) is 65.7 Å². The molecule has 4 rings (SSSR count). The van der Waals surface area contributed by atoms with Crippen molar-refractivity contribution in [2.45, 2.75) is 44.9 Å². The van der Waals surface area contributed by atoms with Gasteiger partial charge in [-0.2, -0.15) is 13.2 Å². The van der Waals surface area contributed by atoms with E-state index in [-0.39, 0.29) is 24.7 Å². The smallest absolute Gasteiger partial charge is 0.416 e. The molecular formula is C25H28F3N3O4. The molecule has 1 aliphatic rings. The van der Waals surface area contributed by atoms with Crippen LogP contribution in [0.3, 0.4) is 0 Å². The summed E-state index contributed by atoms with van der Waals surface area (Å²) in [6.45, 7) is 2.78. The van der Waals surface area contributed by atoms with Crippen LogP contribution in [0.25, 0.3) is 11.0 Å². The maximum atomic E-state index is 13.7. The lowest BCUT2D eigenvalue weighted by molar-refractivity contribution is -0.138. The minimum atomic E-state index is -4.55. The number of alkyl halides is 3. The maximum absolute atomic E-state index is 13.7. The van der Waals surface area contributed by atoms with Crippen molar-refractivity contribution in [2.75, 3.05) is 26.8 Å². The Morgan fingerprint density at radius 3 is 2.63 bits per heavy atom. The van der Waals surface area contributed by atoms with Crippen molar-refractivity contribution >= 4 is 17.1 Å². The number of halogens is 3. The molecule has 1 atom stereocenters. The second-order valence-corrected chi connectivity index (χ2v) is 8.58. The van der Waals surface area contributed by atoms with E-state index in [0.717, 1.165) is 18.9 Å². The van der Waals surface area contributed by atoms with Crippen molar-refractivity contribution in [3.05, 3.63) is 64.1 Å². The molecule has 0 saturated carbocycles. The first kappa shape index (κ1) is 24.7. The summed E-state index contributed by atoms with van der Waals surface area (Å²) in [7, 11) is 1.45. The molecule has 0 N–H and O–H groups in total. The van der Waals surface area contributed by atoms with Gasteiger partial charge in [-0.15, -0.1) is 0 Å². The van der Waals surface area contributed by atoms with Gasteiger partial charge in [-0.3, -0.25) is 9.13 Å². The lowest BCUT2D eigenvalue weighted by atomic mass is 10.1. The van der Waals surface area contributed by atoms with Crippen molar-refractivity contribution in [2.24, 2.45) is 0 Å². The molecule has 1 fully saturated rings. The quantitative estimate of drug-likeness (QED) is 0.434. The number of para-hydroxylation sites is 1. The highest BCUT2D eigenvalue weighted by Crippen LogP contribution is 2.34. The lowest BCUT2D eigenvalue weighted by Crippen LogP contribution is -2.32. The summed E-state index contributed by atoms with van der Waals surface area (Å²) in [6.07, 6.45) is -2.76. The number of hydrogen-bond donors (Lipinski definition) is 0. The molecule has 0 radical (unpaired) electrons. The highest BCUT2D eigenvalue weighted by atomic mass is 19.4. The number of ether oxygens (including phenoxy) is 2. The van der Waals surface area contributed by atoms with Crippen LogP contribution < -0.4 is 10.4 Å². The van der Waals surface area contributed by atoms with Crippen LogP contribution in [-0.4, -0.2) is 46.9 Å². The molecule has 188 valence electrons. The van der Waals surface area contributed by atoms with Gasteiger partial charge >= 0.3 is 18.0 Å². The summed E-state index contributed by atoms with van der Waals surface area (Å²) >= 11 is 0. The van der Waals surface area contributed by atoms with Gasteiger partial charge in [-0.05, 0) is 36.6 Å². The normalized spacial score (nSPS) is 16.1. The van der Waals surface area contributed by atoms with E-state index >= 15 is 0 Å². The minimum Gasteiger partial charge on any atom is -0.494 e. The Labute approximate surface area is 200 Å². The Morgan fingerprint density at radius 1 is 1.14 bits per heavy atom. The van der Waals surface area contributed by atoms with Crippen LogP contribution in [0, 0.1) is 0 Å². The molecule has 0 bridgehead atoms. The van der Waals surface area contributed by atoms with Crippen LogP contribution in [0.1, 0.15) is 43.4 Å². The number of nitrogens with zero attached hydrogens (tertiary/aromatic N) is 3. The van der Waals surface area contributed by atoms with Gasteiger partial charge in [-0.25, -0.2) is 9.59 Å². The van der Waals surface area contributed by atoms with Crippen molar-refractivity contribution in [3.63, 3.8) is 0 Å². The SMILES string of the molecule is CCCCOC(=O)N1CCC(n2c(=O)n(Cc3ccccc3C(F)(F)F)c3c(OC)cccc32)C1. The molecule has 1 amide bonds. The fraction of sp³-hybridized carbons (Fsp3) is 0.440. The highest BCUT2D eigenvalue weighted by Gasteiger charge is 2.35. The average molecular weight is 492 g/mol. The molecule has 1 aromatic heterocycles. The second-order valence-electron chi connectivity index (χ2n) is 8.58. The monoisotopic (exact) mass is 491 g/mol. The molecule has 2 heterocycles. The molecular weight excluding hydrogens is 463 g/mol. The maximum Gasteiger partial charge on any atom is 0.416 e. The average Bonchev–Trinajstić information content (AvgIpc) is 3.42. The number of benzene rings is 2. The van der Waals surface area contributed by atoms with E-state index in [1.807, 2.05) is 6.92 Å². The largest absolute Gasteiger partial charge is 0.494 e. The molecule has 0 spiro atoms. The summed E-state index contributed by atoms with van der Waals surface area (Å²) in [6, 6.07) is 10.0. The number of unbranched alkanes of at least 4 members (excludes halogenated alkanes) is 1. The molecule has 7 nitrogen and oxygen atoms in total. The van der Waals surface area contributed by atoms with E-state index < -0.39 is 23.5 Å². The number of carbonyl (C=O) groups is 1. The van der Waals surface area contributed by atoms with Gasteiger partial charge in [0.1, 0.15) is 11.3 Å². The Morgan fingerprint density at radius 2 is 1.91 bits per heavy atom. The van der Waals surface area contributed by atoms with Crippen LogP contribution in [0.2, 0.25) is 0 Å². The molecule has 2 aromatic carbocycles. The predicted molar refractivity (Wildman–Crippen MR) is 125 cm³/mol. The number of rotatable bonds is 7. The molecule has 35 heavy (non-hydrogen) atoms. The number of fused-ring (bicyclic) bond motifs is 1. The number of amides is 1. The number of likely N-dealkylation sites (tertiary alicyclic amines) is 1. The molecule has 1 saturated heterocycles. The molecule has 1 aliphatic heterocycles. The first-order chi connectivity index (χ1) is 16.8. The lowest BCUT2D eigenvalue weighted by Gasteiger charge is -2.17. The fourth-order valence-corrected chi connectivity index (χ4v) is 4.59. The van der Waals surface area contributed by atoms with Gasteiger partial charge in [0.15, 0.2) is 0 Å². The molecule has 0 aliphatic carbocycles. The summed E-state index contributed by atoms with van der Waals surface area (Å²) in [5.74, 6) is 0.386. The third-order valence-electron chi connectivity index (χ3n) is 6.33. The Bertz CT molecular complexity index is 1270. The number of methoxy groups -OCH3 is 1. The van der Waals surface area contributed by atoms with Gasteiger partial charge in [-0.1, -0.05) is 37.6 Å². The Hall–Kier alpha value is -3.43. The van der Waals surface area contributed by atoms with Gasteiger partial charge in [0.2, 0.25) is 0 Å². The first-order valence-electron chi connectivity index (χ1n) is 11.6. The van der Waals surface area contributed by atoms with Crippen molar-refractivity contribution < 1.29 is 27.4 Å². The third-order valence-corrected chi connectivity index (χ3v) is 6.33. The van der Waals surface area contributed by atoms with Crippen LogP contribution in [0.4, 0.5) is 18.0 Å². The van der Waals surface area contributed by atoms with E-state index in [9.17, 15) is 22.8 Å². The Kier molecular flexibility index (Phi) is 7.09. The molecule has 3 aromatic rings. The summed E-state index contributed by atoms with van der Waals surface area (Å²) in [5, 5.41) is 0. The number of hydrogen-bond acceptors (Lipinski definition) is 4. The standard InChI is InChI=1S/C25H28F3N3O4/c1-3-4-14-35-24(33)29-13-12-18(16-29)31-20-10-7-11-21(34-2)22(20)30(23(31)32)15-17-8-5-6-9-19(17)25(26,27)28/h5-11,18H,3-4,12-16H2,1-2H3. The zero-order valence-corrected chi connectivity index (χ0v) is 19.7. The van der Waals surface area contributed by atoms with E-state index in [4.69, 9.17) is 9.47 Å². The van der Waals surface area contributed by atoms with E-state index in [2.05, 4.69) is 0 Å². The van der Waals surface area contributed by atoms with Gasteiger partial charge in [0, 0.05) is 13.1 Å². The van der Waals surface area contributed by atoms with Crippen LogP contribution in [-0.2, 0) is 17.5 Å². The van der Waals surface area contributed by atoms with E-state index in [1.54, 1.807) is 27.7 Å². The van der Waals surface area contributed by atoms with Crippen LogP contribution >= 0.6 is 0 Å². The minimum absolute atomic E-state index is 0.0143. The van der Waals surface area contributed by atoms with Crippen LogP contribution in [0.15, 0.2) is 47.3 Å². The molecule has 1 unspecified atom stereocenters. The van der Waals surface area contributed by atoms with Gasteiger partial charge < -0.3 is 14.4 Å². The zero-order valence-electron chi connectivity index (χ0n) is 19.7. The number of aromatic nitrogens is 2. The van der Waals surface area contributed by atoms with Crippen molar-refractivity contribution in [1.82, 2.24) is 14.0 Å². The van der Waals surface area contributed by atoms with E-state index in [1.165, 1.54) is 29.9 Å². The van der Waals surface area contributed by atoms with Crippen LogP contribution in [0.5, 0.6) is 5.75 Å². The fourth-order valence-electron chi connectivity index (χ4n) is 4.59. The zero-order chi connectivity index (χ0) is 25.2. The van der Waals surface area contributed by atoms with Crippen molar-refractivity contribution in [1.29, 1.82) is 0 Å².